The predicted octanol–water partition coefficient (Wildman–Crippen LogP) is 3.65. The molecule has 3 heteroatoms. The minimum absolute atomic E-state index is 0.457. The lowest BCUT2D eigenvalue weighted by Gasteiger charge is -2.12. The fraction of sp³-hybridized carbons (Fsp3) is 0.211. The van der Waals surface area contributed by atoms with E-state index >= 15 is 0 Å². The summed E-state index contributed by atoms with van der Waals surface area (Å²) in [5.74, 6) is 0. The summed E-state index contributed by atoms with van der Waals surface area (Å²) >= 11 is 0. The summed E-state index contributed by atoms with van der Waals surface area (Å²) < 4.78 is 1.93. The van der Waals surface area contributed by atoms with E-state index in [4.69, 9.17) is 0 Å². The minimum Gasteiger partial charge on any atom is -0.304 e. The van der Waals surface area contributed by atoms with Crippen LogP contribution in [0.2, 0.25) is 0 Å². The number of nitrogens with one attached hydrogen (secondary N) is 1. The molecule has 0 saturated carbocycles. The van der Waals surface area contributed by atoms with E-state index in [-0.39, 0.29) is 0 Å². The summed E-state index contributed by atoms with van der Waals surface area (Å²) in [5, 5.41) is 8.29. The van der Waals surface area contributed by atoms with Gasteiger partial charge in [-0.3, -0.25) is 0 Å². The molecule has 110 valence electrons. The average molecular weight is 289 g/mol. The Morgan fingerprint density at radius 2 is 1.82 bits per heavy atom. The van der Waals surface area contributed by atoms with E-state index in [1.54, 1.807) is 0 Å². The van der Waals surface area contributed by atoms with Crippen molar-refractivity contribution in [1.29, 1.82) is 0 Å². The Hall–Kier alpha value is -2.39. The van der Waals surface area contributed by atoms with Gasteiger partial charge in [-0.05, 0) is 42.2 Å². The first-order valence-electron chi connectivity index (χ1n) is 7.81. The van der Waals surface area contributed by atoms with Gasteiger partial charge in [0.2, 0.25) is 0 Å². The van der Waals surface area contributed by atoms with Crippen LogP contribution in [0.1, 0.15) is 29.3 Å². The molecule has 2 aromatic carbocycles. The van der Waals surface area contributed by atoms with Crippen LogP contribution in [0.3, 0.4) is 0 Å². The van der Waals surface area contributed by atoms with Crippen LogP contribution in [-0.2, 0) is 13.0 Å². The summed E-state index contributed by atoms with van der Waals surface area (Å²) in [4.78, 5) is 0. The maximum atomic E-state index is 4.65. The number of fused-ring (bicyclic) bond motifs is 1. The van der Waals surface area contributed by atoms with E-state index < -0.39 is 0 Å². The number of hydrogen-bond donors (Lipinski definition) is 1. The standard InChI is InChI=1S/C19H19N3/c1-2-7-17(8-3-1)22-13-12-16(21-22)14-20-19-11-10-15-6-4-5-9-18(15)19/h1-9,12-13,19-20H,10-11,14H2. The van der Waals surface area contributed by atoms with Crippen LogP contribution in [0.15, 0.2) is 66.9 Å². The van der Waals surface area contributed by atoms with E-state index in [2.05, 4.69) is 52.9 Å². The highest BCUT2D eigenvalue weighted by atomic mass is 15.3. The van der Waals surface area contributed by atoms with Crippen LogP contribution in [0.25, 0.3) is 5.69 Å². The second kappa shape index (κ2) is 5.78. The van der Waals surface area contributed by atoms with E-state index in [9.17, 15) is 0 Å². The third-order valence-corrected chi connectivity index (χ3v) is 4.33. The molecule has 1 N–H and O–H groups in total. The maximum Gasteiger partial charge on any atom is 0.0767 e. The Morgan fingerprint density at radius 3 is 2.73 bits per heavy atom. The van der Waals surface area contributed by atoms with E-state index in [1.165, 1.54) is 24.0 Å². The molecular weight excluding hydrogens is 270 g/mol. The Balaban J connectivity index is 1.44. The van der Waals surface area contributed by atoms with Gasteiger partial charge < -0.3 is 5.32 Å². The topological polar surface area (TPSA) is 29.9 Å². The van der Waals surface area contributed by atoms with Crippen molar-refractivity contribution < 1.29 is 0 Å². The van der Waals surface area contributed by atoms with Crippen molar-refractivity contribution in [1.82, 2.24) is 15.1 Å². The molecule has 0 bridgehead atoms. The molecule has 22 heavy (non-hydrogen) atoms. The van der Waals surface area contributed by atoms with E-state index in [0.717, 1.165) is 17.9 Å². The highest BCUT2D eigenvalue weighted by Crippen LogP contribution is 2.30. The van der Waals surface area contributed by atoms with Crippen LogP contribution in [-0.4, -0.2) is 9.78 Å². The van der Waals surface area contributed by atoms with Gasteiger partial charge in [0.05, 0.1) is 11.4 Å². The molecule has 1 unspecified atom stereocenters. The van der Waals surface area contributed by atoms with Crippen LogP contribution in [0.5, 0.6) is 0 Å². The molecule has 0 saturated heterocycles. The lowest BCUT2D eigenvalue weighted by Crippen LogP contribution is -2.19. The number of para-hydroxylation sites is 1. The molecule has 1 heterocycles. The van der Waals surface area contributed by atoms with Gasteiger partial charge in [-0.25, -0.2) is 4.68 Å². The SMILES string of the molecule is c1ccc(-n2ccc(CNC3CCc4ccccc43)n2)cc1. The largest absolute Gasteiger partial charge is 0.304 e. The maximum absolute atomic E-state index is 4.65. The fourth-order valence-corrected chi connectivity index (χ4v) is 3.18. The van der Waals surface area contributed by atoms with Gasteiger partial charge in [0.15, 0.2) is 0 Å². The van der Waals surface area contributed by atoms with Crippen LogP contribution in [0.4, 0.5) is 0 Å². The molecule has 0 aliphatic heterocycles. The summed E-state index contributed by atoms with van der Waals surface area (Å²) in [6, 6.07) is 21.5. The average Bonchev–Trinajstić information content (AvgIpc) is 3.21. The molecule has 1 atom stereocenters. The Bertz CT molecular complexity index is 761. The van der Waals surface area contributed by atoms with Crippen molar-refractivity contribution >= 4 is 0 Å². The highest BCUT2D eigenvalue weighted by Gasteiger charge is 2.21. The zero-order chi connectivity index (χ0) is 14.8. The van der Waals surface area contributed by atoms with Gasteiger partial charge in [0, 0.05) is 18.8 Å². The zero-order valence-corrected chi connectivity index (χ0v) is 12.4. The van der Waals surface area contributed by atoms with E-state index in [0.29, 0.717) is 6.04 Å². The molecule has 1 aromatic heterocycles. The first-order valence-corrected chi connectivity index (χ1v) is 7.81. The first-order chi connectivity index (χ1) is 10.9. The molecule has 3 nitrogen and oxygen atoms in total. The zero-order valence-electron chi connectivity index (χ0n) is 12.4. The van der Waals surface area contributed by atoms with Gasteiger partial charge >= 0.3 is 0 Å². The van der Waals surface area contributed by atoms with Crippen LogP contribution in [0, 0.1) is 0 Å². The molecule has 0 spiro atoms. The van der Waals surface area contributed by atoms with Gasteiger partial charge in [0.25, 0.3) is 0 Å². The van der Waals surface area contributed by atoms with Crippen molar-refractivity contribution in [3.8, 4) is 5.69 Å². The highest BCUT2D eigenvalue weighted by molar-refractivity contribution is 5.34. The second-order valence-corrected chi connectivity index (χ2v) is 5.76. The predicted molar refractivity (Wildman–Crippen MR) is 87.9 cm³/mol. The number of aryl methyl sites for hydroxylation is 1. The molecule has 3 aromatic rings. The van der Waals surface area contributed by atoms with Crippen molar-refractivity contribution in [3.05, 3.63) is 83.7 Å². The number of benzene rings is 2. The summed E-state index contributed by atoms with van der Waals surface area (Å²) in [6.07, 6.45) is 4.37. The summed E-state index contributed by atoms with van der Waals surface area (Å²) in [6.45, 7) is 0.804. The Morgan fingerprint density at radius 1 is 1.00 bits per heavy atom. The molecule has 4 rings (SSSR count). The minimum atomic E-state index is 0.457. The van der Waals surface area contributed by atoms with Crippen molar-refractivity contribution in [2.45, 2.75) is 25.4 Å². The first kappa shape index (κ1) is 13.3. The third-order valence-electron chi connectivity index (χ3n) is 4.33. The molecular formula is C19H19N3. The summed E-state index contributed by atoms with van der Waals surface area (Å²) in [7, 11) is 0. The molecule has 1 aliphatic carbocycles. The van der Waals surface area contributed by atoms with Crippen molar-refractivity contribution in [2.24, 2.45) is 0 Å². The monoisotopic (exact) mass is 289 g/mol. The quantitative estimate of drug-likeness (QED) is 0.794. The van der Waals surface area contributed by atoms with Gasteiger partial charge in [-0.2, -0.15) is 5.10 Å². The van der Waals surface area contributed by atoms with Crippen LogP contribution >= 0.6 is 0 Å². The normalized spacial score (nSPS) is 16.6. The number of aromatic nitrogens is 2. The summed E-state index contributed by atoms with van der Waals surface area (Å²) in [5.41, 5.74) is 5.10. The van der Waals surface area contributed by atoms with E-state index in [1.807, 2.05) is 29.1 Å². The Kier molecular flexibility index (Phi) is 3.49. The fourth-order valence-electron chi connectivity index (χ4n) is 3.18. The Labute approximate surface area is 130 Å². The smallest absolute Gasteiger partial charge is 0.0767 e. The molecule has 0 fully saturated rings. The van der Waals surface area contributed by atoms with Gasteiger partial charge in [-0.1, -0.05) is 42.5 Å². The lowest BCUT2D eigenvalue weighted by molar-refractivity contribution is 0.523. The van der Waals surface area contributed by atoms with Crippen molar-refractivity contribution in [3.63, 3.8) is 0 Å². The van der Waals surface area contributed by atoms with Gasteiger partial charge in [0.1, 0.15) is 0 Å². The number of nitrogens with zero attached hydrogens (tertiary/aromatic N) is 2. The lowest BCUT2D eigenvalue weighted by atomic mass is 10.1. The van der Waals surface area contributed by atoms with Crippen molar-refractivity contribution in [2.75, 3.05) is 0 Å². The molecule has 0 radical (unpaired) electrons. The number of rotatable bonds is 4. The number of hydrogen-bond acceptors (Lipinski definition) is 2. The third kappa shape index (κ3) is 2.55. The molecule has 0 amide bonds. The van der Waals surface area contributed by atoms with Crippen LogP contribution < -0.4 is 5.32 Å². The second-order valence-electron chi connectivity index (χ2n) is 5.76. The van der Waals surface area contributed by atoms with Gasteiger partial charge in [-0.15, -0.1) is 0 Å². The molecule has 1 aliphatic rings.